The number of hydrogen-bond acceptors (Lipinski definition) is 2. The summed E-state index contributed by atoms with van der Waals surface area (Å²) >= 11 is 3.53. The van der Waals surface area contributed by atoms with Gasteiger partial charge in [-0.15, -0.1) is 0 Å². The van der Waals surface area contributed by atoms with E-state index in [4.69, 9.17) is 10.5 Å². The largest absolute Gasteiger partial charge is 0.486 e. The standard InChI is InChI=1S/C16H18BrNO/c1-11(18)15-9-8-14(10-16(15)17)19-12(2)13-6-4-3-5-7-13/h3-12H,18H2,1-2H3/t11-,12?/m0/s1. The van der Waals surface area contributed by atoms with Crippen molar-refractivity contribution in [3.05, 3.63) is 64.1 Å². The van der Waals surface area contributed by atoms with Crippen molar-refractivity contribution in [3.63, 3.8) is 0 Å². The van der Waals surface area contributed by atoms with Gasteiger partial charge in [-0.05, 0) is 37.1 Å². The summed E-state index contributed by atoms with van der Waals surface area (Å²) in [5, 5.41) is 0. The van der Waals surface area contributed by atoms with Gasteiger partial charge in [0.25, 0.3) is 0 Å². The van der Waals surface area contributed by atoms with Crippen LogP contribution >= 0.6 is 15.9 Å². The summed E-state index contributed by atoms with van der Waals surface area (Å²) in [5.74, 6) is 0.840. The van der Waals surface area contributed by atoms with Gasteiger partial charge >= 0.3 is 0 Å². The minimum atomic E-state index is 0.00923. The highest BCUT2D eigenvalue weighted by Gasteiger charge is 2.09. The van der Waals surface area contributed by atoms with E-state index in [0.29, 0.717) is 0 Å². The van der Waals surface area contributed by atoms with Crippen LogP contribution in [0.15, 0.2) is 53.0 Å². The number of rotatable bonds is 4. The Hall–Kier alpha value is -1.32. The lowest BCUT2D eigenvalue weighted by molar-refractivity contribution is 0.226. The third kappa shape index (κ3) is 3.58. The highest BCUT2D eigenvalue weighted by molar-refractivity contribution is 9.10. The van der Waals surface area contributed by atoms with Crippen molar-refractivity contribution < 1.29 is 4.74 Å². The molecule has 0 radical (unpaired) electrons. The van der Waals surface area contributed by atoms with Gasteiger partial charge in [-0.25, -0.2) is 0 Å². The van der Waals surface area contributed by atoms with Crippen molar-refractivity contribution in [2.45, 2.75) is 26.0 Å². The predicted octanol–water partition coefficient (Wildman–Crippen LogP) is 4.61. The Bertz CT molecular complexity index is 540. The molecular formula is C16H18BrNO. The first-order chi connectivity index (χ1) is 9.08. The molecule has 0 saturated heterocycles. The first kappa shape index (κ1) is 14.1. The molecule has 100 valence electrons. The summed E-state index contributed by atoms with van der Waals surface area (Å²) in [6.45, 7) is 4.01. The van der Waals surface area contributed by atoms with Gasteiger partial charge in [-0.2, -0.15) is 0 Å². The zero-order valence-electron chi connectivity index (χ0n) is 11.1. The molecular weight excluding hydrogens is 302 g/mol. The van der Waals surface area contributed by atoms with Crippen molar-refractivity contribution in [3.8, 4) is 5.75 Å². The summed E-state index contributed by atoms with van der Waals surface area (Å²) in [6, 6.07) is 16.1. The number of nitrogens with two attached hydrogens (primary N) is 1. The Morgan fingerprint density at radius 1 is 1.05 bits per heavy atom. The van der Waals surface area contributed by atoms with E-state index in [1.165, 1.54) is 0 Å². The van der Waals surface area contributed by atoms with Gasteiger partial charge < -0.3 is 10.5 Å². The van der Waals surface area contributed by atoms with Crippen LogP contribution < -0.4 is 10.5 Å². The highest BCUT2D eigenvalue weighted by atomic mass is 79.9. The van der Waals surface area contributed by atoms with Crippen LogP contribution in [0.1, 0.15) is 37.1 Å². The van der Waals surface area contributed by atoms with E-state index in [1.54, 1.807) is 0 Å². The Kier molecular flexibility index (Phi) is 4.61. The molecule has 0 bridgehead atoms. The van der Waals surface area contributed by atoms with E-state index in [1.807, 2.05) is 50.2 Å². The zero-order valence-corrected chi connectivity index (χ0v) is 12.7. The van der Waals surface area contributed by atoms with Gasteiger partial charge in [0.05, 0.1) is 0 Å². The maximum absolute atomic E-state index is 5.95. The molecule has 0 aliphatic heterocycles. The van der Waals surface area contributed by atoms with Crippen molar-refractivity contribution in [2.75, 3.05) is 0 Å². The highest BCUT2D eigenvalue weighted by Crippen LogP contribution is 2.29. The van der Waals surface area contributed by atoms with Gasteiger partial charge in [0.1, 0.15) is 11.9 Å². The average molecular weight is 320 g/mol. The number of ether oxygens (including phenoxy) is 1. The van der Waals surface area contributed by atoms with E-state index in [0.717, 1.165) is 21.3 Å². The van der Waals surface area contributed by atoms with Gasteiger partial charge in [0, 0.05) is 10.5 Å². The van der Waals surface area contributed by atoms with E-state index in [-0.39, 0.29) is 12.1 Å². The Morgan fingerprint density at radius 3 is 2.32 bits per heavy atom. The van der Waals surface area contributed by atoms with E-state index < -0.39 is 0 Å². The average Bonchev–Trinajstić information content (AvgIpc) is 2.39. The third-order valence-corrected chi connectivity index (χ3v) is 3.73. The molecule has 2 nitrogen and oxygen atoms in total. The first-order valence-electron chi connectivity index (χ1n) is 6.34. The molecule has 2 rings (SSSR count). The van der Waals surface area contributed by atoms with E-state index in [9.17, 15) is 0 Å². The van der Waals surface area contributed by atoms with Gasteiger partial charge in [-0.3, -0.25) is 0 Å². The molecule has 2 N–H and O–H groups in total. The topological polar surface area (TPSA) is 35.2 Å². The number of benzene rings is 2. The second-order valence-electron chi connectivity index (χ2n) is 4.64. The smallest absolute Gasteiger partial charge is 0.121 e. The number of halogens is 1. The SMILES string of the molecule is CC(Oc1ccc([C@H](C)N)c(Br)c1)c1ccccc1. The molecule has 0 amide bonds. The molecule has 0 fully saturated rings. The fourth-order valence-corrected chi connectivity index (χ4v) is 2.67. The maximum atomic E-state index is 5.95. The third-order valence-electron chi connectivity index (χ3n) is 3.04. The van der Waals surface area contributed by atoms with Crippen LogP contribution in [0.2, 0.25) is 0 Å². The summed E-state index contributed by atoms with van der Waals surface area (Å²) in [7, 11) is 0. The predicted molar refractivity (Wildman–Crippen MR) is 82.2 cm³/mol. The number of hydrogen-bond donors (Lipinski definition) is 1. The Balaban J connectivity index is 2.14. The molecule has 0 saturated carbocycles. The second-order valence-corrected chi connectivity index (χ2v) is 5.50. The molecule has 0 aliphatic rings. The summed E-state index contributed by atoms with van der Waals surface area (Å²) in [4.78, 5) is 0. The summed E-state index contributed by atoms with van der Waals surface area (Å²) in [5.41, 5.74) is 8.13. The van der Waals surface area contributed by atoms with Crippen LogP contribution in [0, 0.1) is 0 Å². The summed E-state index contributed by atoms with van der Waals surface area (Å²) in [6.07, 6.45) is 0.0225. The monoisotopic (exact) mass is 319 g/mol. The van der Waals surface area contributed by atoms with Gasteiger partial charge in [0.15, 0.2) is 0 Å². The molecule has 0 aromatic heterocycles. The molecule has 0 heterocycles. The molecule has 2 atom stereocenters. The minimum absolute atomic E-state index is 0.00923. The quantitative estimate of drug-likeness (QED) is 0.893. The van der Waals surface area contributed by atoms with Crippen molar-refractivity contribution in [2.24, 2.45) is 5.73 Å². The Labute approximate surface area is 122 Å². The zero-order chi connectivity index (χ0) is 13.8. The normalized spacial score (nSPS) is 13.9. The molecule has 2 aromatic carbocycles. The molecule has 2 aromatic rings. The lowest BCUT2D eigenvalue weighted by Crippen LogP contribution is -2.07. The fourth-order valence-electron chi connectivity index (χ4n) is 1.95. The van der Waals surface area contributed by atoms with Crippen molar-refractivity contribution in [1.29, 1.82) is 0 Å². The minimum Gasteiger partial charge on any atom is -0.486 e. The van der Waals surface area contributed by atoms with Gasteiger partial charge in [0.2, 0.25) is 0 Å². The lowest BCUT2D eigenvalue weighted by Gasteiger charge is -2.16. The van der Waals surface area contributed by atoms with Crippen LogP contribution in [0.4, 0.5) is 0 Å². The van der Waals surface area contributed by atoms with Crippen LogP contribution in [-0.2, 0) is 0 Å². The Morgan fingerprint density at radius 2 is 1.74 bits per heavy atom. The van der Waals surface area contributed by atoms with E-state index >= 15 is 0 Å². The van der Waals surface area contributed by atoms with Gasteiger partial charge in [-0.1, -0.05) is 52.3 Å². The molecule has 1 unspecified atom stereocenters. The van der Waals surface area contributed by atoms with Crippen LogP contribution in [0.25, 0.3) is 0 Å². The van der Waals surface area contributed by atoms with Crippen LogP contribution in [0.3, 0.4) is 0 Å². The van der Waals surface area contributed by atoms with Crippen LogP contribution in [0.5, 0.6) is 5.75 Å². The summed E-state index contributed by atoms with van der Waals surface area (Å²) < 4.78 is 6.93. The van der Waals surface area contributed by atoms with Crippen LogP contribution in [-0.4, -0.2) is 0 Å². The van der Waals surface area contributed by atoms with E-state index in [2.05, 4.69) is 28.1 Å². The molecule has 0 spiro atoms. The van der Waals surface area contributed by atoms with Crippen molar-refractivity contribution in [1.82, 2.24) is 0 Å². The fraction of sp³-hybridized carbons (Fsp3) is 0.250. The maximum Gasteiger partial charge on any atom is 0.121 e. The van der Waals surface area contributed by atoms with Crippen molar-refractivity contribution >= 4 is 15.9 Å². The molecule has 0 aliphatic carbocycles. The lowest BCUT2D eigenvalue weighted by atomic mass is 10.1. The first-order valence-corrected chi connectivity index (χ1v) is 7.14. The second kappa shape index (κ2) is 6.22. The molecule has 19 heavy (non-hydrogen) atoms. The molecule has 3 heteroatoms.